The second-order valence-electron chi connectivity index (χ2n) is 7.34. The van der Waals surface area contributed by atoms with E-state index in [9.17, 15) is 4.79 Å². The number of rotatable bonds is 5. The van der Waals surface area contributed by atoms with Crippen LogP contribution in [0.25, 0.3) is 0 Å². The average Bonchev–Trinajstić information content (AvgIpc) is 2.72. The van der Waals surface area contributed by atoms with E-state index < -0.39 is 0 Å². The maximum absolute atomic E-state index is 12.9. The summed E-state index contributed by atoms with van der Waals surface area (Å²) < 4.78 is 17.1. The van der Waals surface area contributed by atoms with E-state index in [1.807, 2.05) is 59.3 Å². The van der Waals surface area contributed by atoms with Crippen molar-refractivity contribution in [2.75, 3.05) is 45.3 Å². The van der Waals surface area contributed by atoms with Gasteiger partial charge in [0.2, 0.25) is 5.91 Å². The van der Waals surface area contributed by atoms with E-state index in [1.54, 1.807) is 7.11 Å². The number of para-hydroxylation sites is 2. The van der Waals surface area contributed by atoms with Gasteiger partial charge in [-0.15, -0.1) is 0 Å². The first kappa shape index (κ1) is 18.6. The maximum Gasteiger partial charge on any atom is 0.241 e. The van der Waals surface area contributed by atoms with Crippen LogP contribution >= 0.6 is 0 Å². The molecule has 0 saturated heterocycles. The van der Waals surface area contributed by atoms with Crippen molar-refractivity contribution in [3.8, 4) is 17.2 Å². The highest BCUT2D eigenvalue weighted by Crippen LogP contribution is 2.32. The molecule has 4 rings (SSSR count). The molecule has 0 saturated carbocycles. The fourth-order valence-corrected chi connectivity index (χ4v) is 3.84. The van der Waals surface area contributed by atoms with Gasteiger partial charge in [0.25, 0.3) is 0 Å². The van der Waals surface area contributed by atoms with E-state index in [2.05, 4.69) is 0 Å². The van der Waals surface area contributed by atoms with Crippen LogP contribution in [-0.2, 0) is 11.2 Å². The van der Waals surface area contributed by atoms with Crippen LogP contribution < -0.4 is 19.1 Å². The number of benzene rings is 2. The van der Waals surface area contributed by atoms with Gasteiger partial charge in [0.15, 0.2) is 11.5 Å². The number of hydrogen-bond donors (Lipinski definition) is 0. The zero-order valence-electron chi connectivity index (χ0n) is 16.4. The number of aryl methyl sites for hydroxylation is 1. The molecule has 0 radical (unpaired) electrons. The molecule has 28 heavy (non-hydrogen) atoms. The Kier molecular flexibility index (Phi) is 5.39. The lowest BCUT2D eigenvalue weighted by Crippen LogP contribution is -2.45. The van der Waals surface area contributed by atoms with E-state index in [1.165, 1.54) is 5.56 Å². The summed E-state index contributed by atoms with van der Waals surface area (Å²) in [5.41, 5.74) is 2.17. The molecule has 0 aromatic heterocycles. The van der Waals surface area contributed by atoms with Crippen LogP contribution in [0, 0.1) is 0 Å². The molecular formula is C22H26N2O4. The van der Waals surface area contributed by atoms with Crippen molar-refractivity contribution >= 4 is 11.6 Å². The minimum Gasteiger partial charge on any atom is -0.497 e. The summed E-state index contributed by atoms with van der Waals surface area (Å²) in [6.45, 7) is 2.21. The summed E-state index contributed by atoms with van der Waals surface area (Å²) in [4.78, 5) is 16.8. The first-order valence-electron chi connectivity index (χ1n) is 9.68. The zero-order chi connectivity index (χ0) is 19.5. The van der Waals surface area contributed by atoms with Gasteiger partial charge in [-0.2, -0.15) is 0 Å². The lowest BCUT2D eigenvalue weighted by atomic mass is 10.0. The molecule has 0 spiro atoms. The van der Waals surface area contributed by atoms with Gasteiger partial charge in [0, 0.05) is 18.8 Å². The van der Waals surface area contributed by atoms with E-state index in [0.29, 0.717) is 19.7 Å². The van der Waals surface area contributed by atoms with Crippen LogP contribution in [0.5, 0.6) is 17.2 Å². The van der Waals surface area contributed by atoms with E-state index >= 15 is 0 Å². The highest BCUT2D eigenvalue weighted by Gasteiger charge is 2.26. The Balaban J connectivity index is 1.37. The van der Waals surface area contributed by atoms with Gasteiger partial charge in [-0.25, -0.2) is 0 Å². The monoisotopic (exact) mass is 382 g/mol. The quantitative estimate of drug-likeness (QED) is 0.796. The third kappa shape index (κ3) is 3.92. The minimum absolute atomic E-state index is 0.0920. The molecular weight excluding hydrogens is 356 g/mol. The number of hydrogen-bond acceptors (Lipinski definition) is 5. The van der Waals surface area contributed by atoms with Crippen molar-refractivity contribution in [3.05, 3.63) is 48.0 Å². The van der Waals surface area contributed by atoms with Crippen LogP contribution in [-0.4, -0.2) is 57.3 Å². The second-order valence-corrected chi connectivity index (χ2v) is 7.34. The van der Waals surface area contributed by atoms with E-state index in [-0.39, 0.29) is 12.0 Å². The highest BCUT2D eigenvalue weighted by molar-refractivity contribution is 5.96. The fourth-order valence-electron chi connectivity index (χ4n) is 3.84. The van der Waals surface area contributed by atoms with Gasteiger partial charge >= 0.3 is 0 Å². The van der Waals surface area contributed by atoms with Crippen molar-refractivity contribution in [3.63, 3.8) is 0 Å². The molecule has 2 aromatic carbocycles. The molecule has 6 heteroatoms. The molecule has 0 aliphatic carbocycles. The smallest absolute Gasteiger partial charge is 0.241 e. The Labute approximate surface area is 165 Å². The largest absolute Gasteiger partial charge is 0.497 e. The first-order chi connectivity index (χ1) is 13.6. The number of carbonyl (C=O) groups is 1. The lowest BCUT2D eigenvalue weighted by Gasteiger charge is -2.33. The Bertz CT molecular complexity index is 854. The van der Waals surface area contributed by atoms with Crippen LogP contribution in [0.1, 0.15) is 12.0 Å². The fraction of sp³-hybridized carbons (Fsp3) is 0.409. The number of anilines is 1. The molecule has 2 aliphatic rings. The van der Waals surface area contributed by atoms with Gasteiger partial charge in [-0.1, -0.05) is 12.1 Å². The average molecular weight is 382 g/mol. The Morgan fingerprint density at radius 1 is 1.25 bits per heavy atom. The number of ether oxygens (including phenoxy) is 3. The van der Waals surface area contributed by atoms with Gasteiger partial charge in [0.1, 0.15) is 18.5 Å². The number of fused-ring (bicyclic) bond motifs is 2. The van der Waals surface area contributed by atoms with Gasteiger partial charge in [-0.05, 0) is 55.8 Å². The Hall–Kier alpha value is -2.73. The molecule has 6 nitrogen and oxygen atoms in total. The molecule has 0 bridgehead atoms. The summed E-state index contributed by atoms with van der Waals surface area (Å²) >= 11 is 0. The van der Waals surface area contributed by atoms with E-state index in [0.717, 1.165) is 42.3 Å². The molecule has 1 atom stereocenters. The number of carbonyl (C=O) groups excluding carboxylic acids is 1. The Morgan fingerprint density at radius 2 is 2.07 bits per heavy atom. The van der Waals surface area contributed by atoms with Crippen molar-refractivity contribution in [1.82, 2.24) is 4.90 Å². The summed E-state index contributed by atoms with van der Waals surface area (Å²) in [6.07, 6.45) is 1.84. The SMILES string of the molecule is COc1ccc2c(c1)CCCN2C(=O)CN(C)C[C@@H]1COc2ccccc2O1. The summed E-state index contributed by atoms with van der Waals surface area (Å²) in [5, 5.41) is 0. The van der Waals surface area contributed by atoms with Crippen molar-refractivity contribution in [1.29, 1.82) is 0 Å². The second kappa shape index (κ2) is 8.10. The standard InChI is InChI=1S/C22H26N2O4/c1-23(13-18-15-27-20-7-3-4-8-21(20)28-18)14-22(25)24-11-5-6-16-12-17(26-2)9-10-19(16)24/h3-4,7-10,12,18H,5-6,11,13-15H2,1-2H3/t18-/m1/s1. The molecule has 148 valence electrons. The summed E-state index contributed by atoms with van der Waals surface area (Å²) in [5.74, 6) is 2.47. The summed E-state index contributed by atoms with van der Waals surface area (Å²) in [6, 6.07) is 13.6. The normalized spacial score (nSPS) is 18.0. The van der Waals surface area contributed by atoms with Crippen LogP contribution in [0.3, 0.4) is 0 Å². The molecule has 1 amide bonds. The number of methoxy groups -OCH3 is 1. The highest BCUT2D eigenvalue weighted by atomic mass is 16.6. The van der Waals surface area contributed by atoms with Crippen LogP contribution in [0.15, 0.2) is 42.5 Å². The van der Waals surface area contributed by atoms with E-state index in [4.69, 9.17) is 14.2 Å². The Morgan fingerprint density at radius 3 is 2.89 bits per heavy atom. The maximum atomic E-state index is 12.9. The predicted molar refractivity (Wildman–Crippen MR) is 108 cm³/mol. The molecule has 0 unspecified atom stereocenters. The zero-order valence-corrected chi connectivity index (χ0v) is 16.4. The molecule has 2 aromatic rings. The van der Waals surface area contributed by atoms with Crippen molar-refractivity contribution in [2.45, 2.75) is 18.9 Å². The van der Waals surface area contributed by atoms with Crippen molar-refractivity contribution < 1.29 is 19.0 Å². The number of likely N-dealkylation sites (N-methyl/N-ethyl adjacent to an activating group) is 1. The molecule has 0 N–H and O–H groups in total. The number of amides is 1. The third-order valence-electron chi connectivity index (χ3n) is 5.19. The van der Waals surface area contributed by atoms with Crippen molar-refractivity contribution in [2.24, 2.45) is 0 Å². The topological polar surface area (TPSA) is 51.2 Å². The van der Waals surface area contributed by atoms with Crippen LogP contribution in [0.2, 0.25) is 0 Å². The summed E-state index contributed by atoms with van der Waals surface area (Å²) in [7, 11) is 3.61. The van der Waals surface area contributed by atoms with Crippen LogP contribution in [0.4, 0.5) is 5.69 Å². The molecule has 2 heterocycles. The lowest BCUT2D eigenvalue weighted by molar-refractivity contribution is -0.119. The number of nitrogens with zero attached hydrogens (tertiary/aromatic N) is 2. The minimum atomic E-state index is -0.0920. The van der Waals surface area contributed by atoms with Gasteiger partial charge in [-0.3, -0.25) is 9.69 Å². The third-order valence-corrected chi connectivity index (χ3v) is 5.19. The van der Waals surface area contributed by atoms with Gasteiger partial charge in [0.05, 0.1) is 13.7 Å². The molecule has 2 aliphatic heterocycles. The molecule has 0 fully saturated rings. The first-order valence-corrected chi connectivity index (χ1v) is 9.68. The van der Waals surface area contributed by atoms with Gasteiger partial charge < -0.3 is 19.1 Å². The predicted octanol–water partition coefficient (Wildman–Crippen LogP) is 2.75.